The average molecular weight is 305 g/mol. The Morgan fingerprint density at radius 1 is 1.14 bits per heavy atom. The second-order valence-electron chi connectivity index (χ2n) is 5.02. The molecule has 0 aliphatic rings. The van der Waals surface area contributed by atoms with Crippen LogP contribution in [0, 0.1) is 13.8 Å². The molecule has 1 atom stereocenters. The molecule has 21 heavy (non-hydrogen) atoms. The number of carbonyl (C=O) groups is 1. The third-order valence-corrected chi connectivity index (χ3v) is 3.62. The number of aliphatic carboxylic acids is 1. The summed E-state index contributed by atoms with van der Waals surface area (Å²) in [6.07, 6.45) is -0.632. The molecule has 2 aromatic rings. The van der Waals surface area contributed by atoms with E-state index < -0.39 is 12.1 Å². The molecule has 1 unspecified atom stereocenters. The lowest BCUT2D eigenvalue weighted by Crippen LogP contribution is -2.29. The number of rotatable bonds is 5. The number of ether oxygens (including phenoxy) is 1. The first kappa shape index (κ1) is 15.4. The summed E-state index contributed by atoms with van der Waals surface area (Å²) in [4.78, 5) is 11.4. The van der Waals surface area contributed by atoms with Gasteiger partial charge in [-0.2, -0.15) is 0 Å². The van der Waals surface area contributed by atoms with E-state index in [4.69, 9.17) is 16.3 Å². The fourth-order valence-electron chi connectivity index (χ4n) is 1.97. The van der Waals surface area contributed by atoms with E-state index in [1.807, 2.05) is 38.1 Å². The van der Waals surface area contributed by atoms with Crippen molar-refractivity contribution in [3.8, 4) is 5.75 Å². The van der Waals surface area contributed by atoms with Gasteiger partial charge in [0, 0.05) is 11.4 Å². The highest BCUT2D eigenvalue weighted by molar-refractivity contribution is 6.30. The Kier molecular flexibility index (Phi) is 4.86. The zero-order valence-corrected chi connectivity index (χ0v) is 12.7. The van der Waals surface area contributed by atoms with Crippen LogP contribution in [0.15, 0.2) is 42.5 Å². The van der Waals surface area contributed by atoms with Gasteiger partial charge >= 0.3 is 5.97 Å². The van der Waals surface area contributed by atoms with Crippen molar-refractivity contribution in [2.75, 3.05) is 0 Å². The van der Waals surface area contributed by atoms with E-state index in [2.05, 4.69) is 0 Å². The van der Waals surface area contributed by atoms with Gasteiger partial charge in [-0.3, -0.25) is 0 Å². The van der Waals surface area contributed by atoms with E-state index in [-0.39, 0.29) is 0 Å². The quantitative estimate of drug-likeness (QED) is 0.907. The number of carboxylic acids is 1. The van der Waals surface area contributed by atoms with Gasteiger partial charge in [-0.25, -0.2) is 4.79 Å². The molecule has 0 radical (unpaired) electrons. The molecule has 0 saturated carbocycles. The van der Waals surface area contributed by atoms with Crippen LogP contribution in [0.3, 0.4) is 0 Å². The Labute approximate surface area is 129 Å². The van der Waals surface area contributed by atoms with Crippen molar-refractivity contribution in [3.05, 3.63) is 64.2 Å². The van der Waals surface area contributed by atoms with Crippen LogP contribution < -0.4 is 4.74 Å². The first-order valence-corrected chi connectivity index (χ1v) is 7.04. The monoisotopic (exact) mass is 304 g/mol. The molecule has 0 heterocycles. The van der Waals surface area contributed by atoms with Gasteiger partial charge in [0.15, 0.2) is 6.10 Å². The summed E-state index contributed by atoms with van der Waals surface area (Å²) in [5, 5.41) is 9.95. The smallest absolute Gasteiger partial charge is 0.345 e. The summed E-state index contributed by atoms with van der Waals surface area (Å²) in [6, 6.07) is 12.7. The summed E-state index contributed by atoms with van der Waals surface area (Å²) in [5.41, 5.74) is 3.09. The van der Waals surface area contributed by atoms with Crippen molar-refractivity contribution in [1.82, 2.24) is 0 Å². The van der Waals surface area contributed by atoms with Gasteiger partial charge < -0.3 is 9.84 Å². The molecule has 110 valence electrons. The molecule has 0 fully saturated rings. The molecule has 0 amide bonds. The van der Waals surface area contributed by atoms with Gasteiger partial charge in [-0.15, -0.1) is 0 Å². The largest absolute Gasteiger partial charge is 0.478 e. The summed E-state index contributed by atoms with van der Waals surface area (Å²) in [7, 11) is 0. The van der Waals surface area contributed by atoms with Gasteiger partial charge in [-0.1, -0.05) is 29.8 Å². The topological polar surface area (TPSA) is 46.5 Å². The number of hydrogen-bond donors (Lipinski definition) is 1. The van der Waals surface area contributed by atoms with Crippen LogP contribution in [-0.4, -0.2) is 17.2 Å². The zero-order chi connectivity index (χ0) is 15.4. The average Bonchev–Trinajstić information content (AvgIpc) is 2.44. The van der Waals surface area contributed by atoms with E-state index in [1.165, 1.54) is 0 Å². The van der Waals surface area contributed by atoms with E-state index in [0.717, 1.165) is 16.7 Å². The van der Waals surface area contributed by atoms with E-state index in [0.29, 0.717) is 17.2 Å². The Morgan fingerprint density at radius 3 is 2.38 bits per heavy atom. The minimum atomic E-state index is -0.983. The summed E-state index contributed by atoms with van der Waals surface area (Å²) in [5.74, 6) is -0.414. The highest BCUT2D eigenvalue weighted by Gasteiger charge is 2.20. The standard InChI is InChI=1S/C17H17ClO3/c1-11-3-8-15(9-12(11)2)21-16(17(19)20)10-13-4-6-14(18)7-5-13/h3-9,16H,10H2,1-2H3,(H,19,20). The second kappa shape index (κ2) is 6.64. The van der Waals surface area contributed by atoms with Crippen LogP contribution >= 0.6 is 11.6 Å². The van der Waals surface area contributed by atoms with Crippen LogP contribution in [0.4, 0.5) is 0 Å². The summed E-state index contributed by atoms with van der Waals surface area (Å²) >= 11 is 5.83. The lowest BCUT2D eigenvalue weighted by molar-refractivity contribution is -0.145. The Balaban J connectivity index is 2.13. The van der Waals surface area contributed by atoms with Crippen LogP contribution in [0.25, 0.3) is 0 Å². The second-order valence-corrected chi connectivity index (χ2v) is 5.46. The number of hydrogen-bond acceptors (Lipinski definition) is 2. The van der Waals surface area contributed by atoms with Crippen molar-refractivity contribution in [2.24, 2.45) is 0 Å². The zero-order valence-electron chi connectivity index (χ0n) is 12.0. The van der Waals surface area contributed by atoms with Gasteiger partial charge in [0.2, 0.25) is 0 Å². The van der Waals surface area contributed by atoms with Crippen molar-refractivity contribution in [1.29, 1.82) is 0 Å². The lowest BCUT2D eigenvalue weighted by atomic mass is 10.1. The molecule has 0 bridgehead atoms. The number of benzene rings is 2. The number of aryl methyl sites for hydroxylation is 2. The Hall–Kier alpha value is -2.00. The van der Waals surface area contributed by atoms with E-state index in [1.54, 1.807) is 18.2 Å². The Morgan fingerprint density at radius 2 is 1.81 bits per heavy atom. The fourth-order valence-corrected chi connectivity index (χ4v) is 2.09. The predicted octanol–water partition coefficient (Wildman–Crippen LogP) is 4.03. The van der Waals surface area contributed by atoms with Crippen molar-refractivity contribution in [3.63, 3.8) is 0 Å². The van der Waals surface area contributed by atoms with E-state index in [9.17, 15) is 9.90 Å². The van der Waals surface area contributed by atoms with Gasteiger partial charge in [0.05, 0.1) is 0 Å². The van der Waals surface area contributed by atoms with Crippen LogP contribution in [0.2, 0.25) is 5.02 Å². The molecule has 2 aromatic carbocycles. The molecule has 0 aliphatic carbocycles. The molecule has 0 saturated heterocycles. The summed E-state index contributed by atoms with van der Waals surface area (Å²) < 4.78 is 5.61. The molecule has 4 heteroatoms. The summed E-state index contributed by atoms with van der Waals surface area (Å²) in [6.45, 7) is 3.97. The fraction of sp³-hybridized carbons (Fsp3) is 0.235. The molecular weight excluding hydrogens is 288 g/mol. The van der Waals surface area contributed by atoms with Crippen molar-refractivity contribution in [2.45, 2.75) is 26.4 Å². The maximum Gasteiger partial charge on any atom is 0.345 e. The Bertz CT molecular complexity index is 635. The highest BCUT2D eigenvalue weighted by Crippen LogP contribution is 2.19. The van der Waals surface area contributed by atoms with Crippen molar-refractivity contribution >= 4 is 17.6 Å². The van der Waals surface area contributed by atoms with E-state index >= 15 is 0 Å². The highest BCUT2D eigenvalue weighted by atomic mass is 35.5. The molecule has 0 aromatic heterocycles. The molecule has 3 nitrogen and oxygen atoms in total. The van der Waals surface area contributed by atoms with Crippen LogP contribution in [0.1, 0.15) is 16.7 Å². The first-order chi connectivity index (χ1) is 9.95. The van der Waals surface area contributed by atoms with Crippen LogP contribution in [-0.2, 0) is 11.2 Å². The van der Waals surface area contributed by atoms with Gasteiger partial charge in [0.25, 0.3) is 0 Å². The number of carboxylic acid groups (broad SMARTS) is 1. The van der Waals surface area contributed by atoms with Gasteiger partial charge in [0.1, 0.15) is 5.75 Å². The lowest BCUT2D eigenvalue weighted by Gasteiger charge is -2.16. The van der Waals surface area contributed by atoms with Crippen LogP contribution in [0.5, 0.6) is 5.75 Å². The molecule has 2 rings (SSSR count). The predicted molar refractivity (Wildman–Crippen MR) is 83.1 cm³/mol. The normalized spacial score (nSPS) is 12.0. The third-order valence-electron chi connectivity index (χ3n) is 3.37. The third kappa shape index (κ3) is 4.23. The van der Waals surface area contributed by atoms with Gasteiger partial charge in [-0.05, 0) is 54.8 Å². The molecule has 1 N–H and O–H groups in total. The minimum absolute atomic E-state index is 0.291. The maximum absolute atomic E-state index is 11.4. The molecular formula is C17H17ClO3. The minimum Gasteiger partial charge on any atom is -0.478 e. The molecule has 0 spiro atoms. The van der Waals surface area contributed by atoms with Crippen molar-refractivity contribution < 1.29 is 14.6 Å². The first-order valence-electron chi connectivity index (χ1n) is 6.67. The maximum atomic E-state index is 11.4. The SMILES string of the molecule is Cc1ccc(OC(Cc2ccc(Cl)cc2)C(=O)O)cc1C. The molecule has 0 aliphatic heterocycles. The number of halogens is 1.